The highest BCUT2D eigenvalue weighted by Gasteiger charge is 2.34. The van der Waals surface area contributed by atoms with Gasteiger partial charge < -0.3 is 20.5 Å². The molecule has 2 aromatic carbocycles. The third-order valence-corrected chi connectivity index (χ3v) is 5.60. The van der Waals surface area contributed by atoms with Crippen LogP contribution in [0.25, 0.3) is 0 Å². The molecule has 0 radical (unpaired) electrons. The number of benzene rings is 2. The summed E-state index contributed by atoms with van der Waals surface area (Å²) in [6.07, 6.45) is -1.77. The van der Waals surface area contributed by atoms with Crippen molar-refractivity contribution in [2.75, 3.05) is 11.9 Å². The molecule has 7 nitrogen and oxygen atoms in total. The van der Waals surface area contributed by atoms with Crippen molar-refractivity contribution in [3.8, 4) is 17.2 Å². The second-order valence-electron chi connectivity index (χ2n) is 8.11. The topological polar surface area (TPSA) is 104 Å². The Balaban J connectivity index is 0.000000191. The number of alkyl halides is 3. The van der Waals surface area contributed by atoms with Crippen LogP contribution >= 0.6 is 0 Å². The molecule has 0 saturated heterocycles. The Morgan fingerprint density at radius 3 is 2.66 bits per heavy atom. The number of aromatic nitrogens is 1. The first-order chi connectivity index (χ1) is 16.6. The fraction of sp³-hybridized carbons (Fsp3) is 0.240. The number of hydrogen-bond donors (Lipinski definition) is 2. The van der Waals surface area contributed by atoms with Crippen LogP contribution in [0.4, 0.5) is 19.0 Å². The first kappa shape index (κ1) is 24.1. The number of halogens is 3. The minimum Gasteiger partial charge on any atom is -0.493 e. The normalized spacial score (nSPS) is 16.1. The minimum absolute atomic E-state index is 0.000606. The van der Waals surface area contributed by atoms with Crippen LogP contribution in [0.5, 0.6) is 17.2 Å². The van der Waals surface area contributed by atoms with Gasteiger partial charge in [0.05, 0.1) is 17.7 Å². The van der Waals surface area contributed by atoms with E-state index in [2.05, 4.69) is 17.2 Å². The Morgan fingerprint density at radius 2 is 1.94 bits per heavy atom. The lowest BCUT2D eigenvalue weighted by molar-refractivity contribution is -0.137. The van der Waals surface area contributed by atoms with Crippen molar-refractivity contribution >= 4 is 17.6 Å². The molecular formula is C25H22F3N3O4. The number of fused-ring (bicyclic) bond motifs is 2. The highest BCUT2D eigenvalue weighted by Crippen LogP contribution is 2.39. The van der Waals surface area contributed by atoms with Gasteiger partial charge in [0.25, 0.3) is 0 Å². The highest BCUT2D eigenvalue weighted by molar-refractivity contribution is 5.94. The lowest BCUT2D eigenvalue weighted by Crippen LogP contribution is -2.20. The van der Waals surface area contributed by atoms with Gasteiger partial charge in [-0.15, -0.1) is 0 Å². The van der Waals surface area contributed by atoms with Crippen LogP contribution in [0.15, 0.2) is 54.7 Å². The molecule has 0 aliphatic carbocycles. The Morgan fingerprint density at radius 1 is 1.17 bits per heavy atom. The van der Waals surface area contributed by atoms with E-state index in [1.54, 1.807) is 6.20 Å². The van der Waals surface area contributed by atoms with Crippen LogP contribution < -0.4 is 20.5 Å². The summed E-state index contributed by atoms with van der Waals surface area (Å²) < 4.78 is 48.2. The Bertz CT molecular complexity index is 1280. The van der Waals surface area contributed by atoms with Gasteiger partial charge in [0.2, 0.25) is 11.8 Å². The number of carbonyl (C=O) groups is 2. The standard InChI is InChI=1S/C17H16N2O3.C8H6F3NO/c1-10-9-21-14-4-2-11(8-13(10)14)22-15-6-7-18-17-12(15)3-5-16(20)19-17;9-8(10,11)6-4-2-1-3-5(6)7(12)13/h2,4,6-8,10H,3,5,9H2,1H3,(H,18,19,20);1-4H,(H2,12,13). The summed E-state index contributed by atoms with van der Waals surface area (Å²) in [7, 11) is 0. The van der Waals surface area contributed by atoms with Crippen molar-refractivity contribution in [1.82, 2.24) is 4.98 Å². The summed E-state index contributed by atoms with van der Waals surface area (Å²) >= 11 is 0. The maximum atomic E-state index is 12.2. The molecule has 35 heavy (non-hydrogen) atoms. The quantitative estimate of drug-likeness (QED) is 0.540. The summed E-state index contributed by atoms with van der Waals surface area (Å²) in [4.78, 5) is 26.3. The van der Waals surface area contributed by atoms with Crippen LogP contribution in [0.1, 0.15) is 46.3 Å². The van der Waals surface area contributed by atoms with E-state index in [9.17, 15) is 22.8 Å². The van der Waals surface area contributed by atoms with Crippen LogP contribution in [0.3, 0.4) is 0 Å². The van der Waals surface area contributed by atoms with Gasteiger partial charge in [0.1, 0.15) is 23.1 Å². The predicted octanol–water partition coefficient (Wildman–Crippen LogP) is 5.06. The molecule has 0 saturated carbocycles. The molecule has 1 unspecified atom stereocenters. The predicted molar refractivity (Wildman–Crippen MR) is 122 cm³/mol. The molecule has 3 N–H and O–H groups in total. The van der Waals surface area contributed by atoms with E-state index in [0.717, 1.165) is 41.6 Å². The van der Waals surface area contributed by atoms with Crippen LogP contribution in [0.2, 0.25) is 0 Å². The Labute approximate surface area is 199 Å². The number of nitrogens with zero attached hydrogens (tertiary/aromatic N) is 1. The molecule has 2 aliphatic heterocycles. The second kappa shape index (κ2) is 9.65. The van der Waals surface area contributed by atoms with Gasteiger partial charge >= 0.3 is 6.18 Å². The van der Waals surface area contributed by atoms with Gasteiger partial charge in [-0.05, 0) is 42.8 Å². The van der Waals surface area contributed by atoms with E-state index in [4.69, 9.17) is 15.2 Å². The van der Waals surface area contributed by atoms with Crippen molar-refractivity contribution in [2.45, 2.75) is 31.9 Å². The maximum absolute atomic E-state index is 12.2. The third-order valence-electron chi connectivity index (χ3n) is 5.60. The Hall–Kier alpha value is -4.08. The largest absolute Gasteiger partial charge is 0.493 e. The molecule has 1 atom stereocenters. The number of ether oxygens (including phenoxy) is 2. The second-order valence-corrected chi connectivity index (χ2v) is 8.11. The maximum Gasteiger partial charge on any atom is 0.417 e. The van der Waals surface area contributed by atoms with E-state index < -0.39 is 23.2 Å². The molecule has 5 rings (SSSR count). The van der Waals surface area contributed by atoms with Crippen molar-refractivity contribution < 1.29 is 32.2 Å². The van der Waals surface area contributed by atoms with Crippen LogP contribution in [0, 0.1) is 0 Å². The van der Waals surface area contributed by atoms with Gasteiger partial charge in [-0.2, -0.15) is 13.2 Å². The van der Waals surface area contributed by atoms with Crippen molar-refractivity contribution in [3.05, 3.63) is 77.0 Å². The minimum atomic E-state index is -4.54. The molecule has 182 valence electrons. The average Bonchev–Trinajstić information content (AvgIpc) is 3.19. The molecule has 3 heterocycles. The fourth-order valence-corrected chi connectivity index (χ4v) is 3.84. The number of rotatable bonds is 3. The number of carbonyl (C=O) groups excluding carboxylic acids is 2. The molecular weight excluding hydrogens is 463 g/mol. The molecule has 10 heteroatoms. The van der Waals surface area contributed by atoms with Gasteiger partial charge in [-0.3, -0.25) is 9.59 Å². The van der Waals surface area contributed by atoms with Gasteiger partial charge in [0.15, 0.2) is 0 Å². The number of pyridine rings is 1. The SMILES string of the molecule is CC1COc2ccc(Oc3ccnc4c3CCC(=O)N4)cc21.NC(=O)c1ccccc1C(F)(F)F. The summed E-state index contributed by atoms with van der Waals surface area (Å²) in [5.74, 6) is 2.37. The number of amides is 2. The number of nitrogens with one attached hydrogen (secondary N) is 1. The zero-order valence-corrected chi connectivity index (χ0v) is 18.7. The summed E-state index contributed by atoms with van der Waals surface area (Å²) in [6.45, 7) is 2.86. The summed E-state index contributed by atoms with van der Waals surface area (Å²) in [5.41, 5.74) is 5.40. The van der Waals surface area contributed by atoms with Gasteiger partial charge in [-0.1, -0.05) is 19.1 Å². The zero-order chi connectivity index (χ0) is 25.2. The highest BCUT2D eigenvalue weighted by atomic mass is 19.4. The number of hydrogen-bond acceptors (Lipinski definition) is 5. The van der Waals surface area contributed by atoms with E-state index >= 15 is 0 Å². The number of nitrogens with two attached hydrogens (primary N) is 1. The monoisotopic (exact) mass is 485 g/mol. The van der Waals surface area contributed by atoms with E-state index in [0.29, 0.717) is 24.6 Å². The number of primary amides is 1. The first-order valence-corrected chi connectivity index (χ1v) is 10.8. The van der Waals surface area contributed by atoms with Gasteiger partial charge in [-0.25, -0.2) is 4.98 Å². The molecule has 2 aliphatic rings. The van der Waals surface area contributed by atoms with Crippen LogP contribution in [-0.2, 0) is 17.4 Å². The molecule has 1 aromatic heterocycles. The lowest BCUT2D eigenvalue weighted by Gasteiger charge is -2.19. The molecule has 0 bridgehead atoms. The third kappa shape index (κ3) is 5.37. The zero-order valence-electron chi connectivity index (χ0n) is 18.7. The smallest absolute Gasteiger partial charge is 0.417 e. The first-order valence-electron chi connectivity index (χ1n) is 10.8. The van der Waals surface area contributed by atoms with E-state index in [1.807, 2.05) is 24.3 Å². The van der Waals surface area contributed by atoms with Crippen molar-refractivity contribution in [2.24, 2.45) is 5.73 Å². The fourth-order valence-electron chi connectivity index (χ4n) is 3.84. The molecule has 2 amide bonds. The number of anilines is 1. The van der Waals surface area contributed by atoms with Gasteiger partial charge in [0, 0.05) is 29.7 Å². The molecule has 0 spiro atoms. The summed E-state index contributed by atoms with van der Waals surface area (Å²) in [6, 6.07) is 12.1. The molecule has 0 fully saturated rings. The lowest BCUT2D eigenvalue weighted by atomic mass is 10.0. The van der Waals surface area contributed by atoms with Crippen molar-refractivity contribution in [3.63, 3.8) is 0 Å². The van der Waals surface area contributed by atoms with Crippen LogP contribution in [-0.4, -0.2) is 23.4 Å². The van der Waals surface area contributed by atoms with E-state index in [-0.39, 0.29) is 5.91 Å². The summed E-state index contributed by atoms with van der Waals surface area (Å²) in [5, 5.41) is 2.78. The molecule has 3 aromatic rings. The van der Waals surface area contributed by atoms with E-state index in [1.165, 1.54) is 17.7 Å². The van der Waals surface area contributed by atoms with Crippen molar-refractivity contribution in [1.29, 1.82) is 0 Å². The average molecular weight is 485 g/mol. The Kier molecular flexibility index (Phi) is 6.63.